The van der Waals surface area contributed by atoms with Crippen molar-refractivity contribution in [1.82, 2.24) is 5.32 Å². The number of aliphatic carboxylic acids is 1. The molecule has 4 heteroatoms. The van der Waals surface area contributed by atoms with Gasteiger partial charge in [-0.2, -0.15) is 0 Å². The number of carbonyl (C=O) groups is 1. The Balaban J connectivity index is 1.71. The third kappa shape index (κ3) is 3.28. The fourth-order valence-corrected chi connectivity index (χ4v) is 2.86. The summed E-state index contributed by atoms with van der Waals surface area (Å²) < 4.78 is 5.82. The van der Waals surface area contributed by atoms with Crippen LogP contribution in [0.1, 0.15) is 17.0 Å². The Morgan fingerprint density at radius 1 is 1.14 bits per heavy atom. The maximum Gasteiger partial charge on any atom is 0.308 e. The molecule has 2 aromatic carbocycles. The highest BCUT2D eigenvalue weighted by molar-refractivity contribution is 5.72. The van der Waals surface area contributed by atoms with Crippen LogP contribution in [0.25, 0.3) is 0 Å². The second-order valence-corrected chi connectivity index (χ2v) is 5.56. The minimum atomic E-state index is -0.745. The molecule has 0 saturated carbocycles. The molecule has 0 spiro atoms. The van der Waals surface area contributed by atoms with Crippen molar-refractivity contribution in [3.8, 4) is 5.75 Å². The highest BCUT2D eigenvalue weighted by atomic mass is 16.5. The molecule has 0 aromatic heterocycles. The van der Waals surface area contributed by atoms with Gasteiger partial charge in [0, 0.05) is 19.0 Å². The summed E-state index contributed by atoms with van der Waals surface area (Å²) in [5, 5.41) is 12.5. The first kappa shape index (κ1) is 14.6. The summed E-state index contributed by atoms with van der Waals surface area (Å²) >= 11 is 0. The summed E-state index contributed by atoms with van der Waals surface area (Å²) in [6.45, 7) is 1.73. The highest BCUT2D eigenvalue weighted by Gasteiger charge is 2.33. The third-order valence-corrected chi connectivity index (χ3v) is 4.07. The van der Waals surface area contributed by atoms with Crippen LogP contribution >= 0.6 is 0 Å². The number of hydrogen-bond acceptors (Lipinski definition) is 3. The average molecular weight is 297 g/mol. The maximum atomic E-state index is 11.3. The van der Waals surface area contributed by atoms with E-state index in [0.717, 1.165) is 16.9 Å². The lowest BCUT2D eigenvalue weighted by Crippen LogP contribution is -2.21. The second-order valence-electron chi connectivity index (χ2n) is 5.56. The normalized spacial score (nSPS) is 20.7. The first-order valence-electron chi connectivity index (χ1n) is 7.44. The van der Waals surface area contributed by atoms with Crippen molar-refractivity contribution >= 4 is 5.97 Å². The van der Waals surface area contributed by atoms with Crippen LogP contribution in [0.3, 0.4) is 0 Å². The summed E-state index contributed by atoms with van der Waals surface area (Å²) in [7, 11) is 0. The summed E-state index contributed by atoms with van der Waals surface area (Å²) in [6, 6.07) is 17.7. The number of hydrogen-bond donors (Lipinski definition) is 2. The lowest BCUT2D eigenvalue weighted by Gasteiger charge is -2.16. The molecule has 114 valence electrons. The number of rotatable bonds is 5. The molecular formula is C18H19NO3. The summed E-state index contributed by atoms with van der Waals surface area (Å²) in [6.07, 6.45) is 0. The Morgan fingerprint density at radius 3 is 2.73 bits per heavy atom. The van der Waals surface area contributed by atoms with Gasteiger partial charge in [0.2, 0.25) is 0 Å². The Hall–Kier alpha value is -2.33. The predicted molar refractivity (Wildman–Crippen MR) is 84.0 cm³/mol. The Kier molecular flexibility index (Phi) is 4.39. The minimum absolute atomic E-state index is 0.00206. The molecule has 2 atom stereocenters. The molecule has 0 amide bonds. The monoisotopic (exact) mass is 297 g/mol. The predicted octanol–water partition coefficient (Wildman–Crippen LogP) is 2.65. The van der Waals surface area contributed by atoms with Crippen LogP contribution in [-0.4, -0.2) is 24.2 Å². The number of ether oxygens (including phenoxy) is 1. The van der Waals surface area contributed by atoms with E-state index in [1.165, 1.54) is 0 Å². The van der Waals surface area contributed by atoms with Gasteiger partial charge in [0.25, 0.3) is 0 Å². The quantitative estimate of drug-likeness (QED) is 0.891. The van der Waals surface area contributed by atoms with E-state index >= 15 is 0 Å². The molecule has 1 fully saturated rings. The molecule has 0 radical (unpaired) electrons. The van der Waals surface area contributed by atoms with Gasteiger partial charge in [0.05, 0.1) is 5.92 Å². The minimum Gasteiger partial charge on any atom is -0.489 e. The van der Waals surface area contributed by atoms with Crippen molar-refractivity contribution in [2.24, 2.45) is 5.92 Å². The van der Waals surface area contributed by atoms with E-state index in [2.05, 4.69) is 5.32 Å². The van der Waals surface area contributed by atoms with Gasteiger partial charge in [-0.1, -0.05) is 42.5 Å². The second kappa shape index (κ2) is 6.62. The van der Waals surface area contributed by atoms with Crippen LogP contribution < -0.4 is 10.1 Å². The molecule has 3 rings (SSSR count). The molecule has 1 heterocycles. The van der Waals surface area contributed by atoms with Crippen LogP contribution in [0.2, 0.25) is 0 Å². The topological polar surface area (TPSA) is 58.6 Å². The Bertz CT molecular complexity index is 642. The largest absolute Gasteiger partial charge is 0.489 e. The molecule has 1 saturated heterocycles. The number of carboxylic acids is 1. The highest BCUT2D eigenvalue weighted by Crippen LogP contribution is 2.30. The van der Waals surface area contributed by atoms with Crippen molar-refractivity contribution in [3.05, 3.63) is 65.7 Å². The fraction of sp³-hybridized carbons (Fsp3) is 0.278. The van der Waals surface area contributed by atoms with Gasteiger partial charge >= 0.3 is 5.97 Å². The molecule has 2 unspecified atom stereocenters. The molecule has 1 aliphatic heterocycles. The Morgan fingerprint density at radius 2 is 1.95 bits per heavy atom. The molecular weight excluding hydrogens is 278 g/mol. The first-order valence-corrected chi connectivity index (χ1v) is 7.44. The van der Waals surface area contributed by atoms with Crippen molar-refractivity contribution < 1.29 is 14.6 Å². The average Bonchev–Trinajstić information content (AvgIpc) is 3.04. The fourth-order valence-electron chi connectivity index (χ4n) is 2.86. The van der Waals surface area contributed by atoms with Crippen LogP contribution in [0.5, 0.6) is 5.75 Å². The number of benzene rings is 2. The zero-order chi connectivity index (χ0) is 15.4. The molecule has 0 aliphatic carbocycles. The van der Waals surface area contributed by atoms with Gasteiger partial charge < -0.3 is 15.2 Å². The van der Waals surface area contributed by atoms with Crippen LogP contribution in [0.15, 0.2) is 54.6 Å². The zero-order valence-corrected chi connectivity index (χ0v) is 12.2. The maximum absolute atomic E-state index is 11.3. The zero-order valence-electron chi connectivity index (χ0n) is 12.2. The van der Waals surface area contributed by atoms with E-state index in [1.807, 2.05) is 54.6 Å². The molecule has 2 aromatic rings. The van der Waals surface area contributed by atoms with Gasteiger partial charge in [-0.3, -0.25) is 4.79 Å². The lowest BCUT2D eigenvalue weighted by molar-refractivity contribution is -0.141. The SMILES string of the molecule is O=C(O)C1CNCC1c1cccc(OCc2ccccc2)c1. The Labute approximate surface area is 129 Å². The summed E-state index contributed by atoms with van der Waals surface area (Å²) in [5.41, 5.74) is 2.13. The van der Waals surface area contributed by atoms with Crippen molar-refractivity contribution in [2.75, 3.05) is 13.1 Å². The van der Waals surface area contributed by atoms with Crippen LogP contribution in [0.4, 0.5) is 0 Å². The van der Waals surface area contributed by atoms with Crippen molar-refractivity contribution in [3.63, 3.8) is 0 Å². The van der Waals surface area contributed by atoms with Gasteiger partial charge in [0.15, 0.2) is 0 Å². The molecule has 4 nitrogen and oxygen atoms in total. The van der Waals surface area contributed by atoms with Gasteiger partial charge in [-0.15, -0.1) is 0 Å². The van der Waals surface area contributed by atoms with Gasteiger partial charge in [0.1, 0.15) is 12.4 Å². The van der Waals surface area contributed by atoms with Crippen LogP contribution in [-0.2, 0) is 11.4 Å². The van der Waals surface area contributed by atoms with E-state index in [1.54, 1.807) is 0 Å². The molecule has 0 bridgehead atoms. The van der Waals surface area contributed by atoms with Gasteiger partial charge in [-0.25, -0.2) is 0 Å². The van der Waals surface area contributed by atoms with E-state index in [9.17, 15) is 9.90 Å². The first-order chi connectivity index (χ1) is 10.7. The van der Waals surface area contributed by atoms with E-state index in [4.69, 9.17) is 4.74 Å². The van der Waals surface area contributed by atoms with Crippen LogP contribution in [0, 0.1) is 5.92 Å². The van der Waals surface area contributed by atoms with E-state index < -0.39 is 5.97 Å². The smallest absolute Gasteiger partial charge is 0.308 e. The molecule has 2 N–H and O–H groups in total. The molecule has 1 aliphatic rings. The summed E-state index contributed by atoms with van der Waals surface area (Å²) in [5.74, 6) is -0.342. The summed E-state index contributed by atoms with van der Waals surface area (Å²) in [4.78, 5) is 11.3. The number of carboxylic acid groups (broad SMARTS) is 1. The lowest BCUT2D eigenvalue weighted by atomic mass is 9.89. The number of nitrogens with one attached hydrogen (secondary N) is 1. The van der Waals surface area contributed by atoms with E-state index in [-0.39, 0.29) is 11.8 Å². The van der Waals surface area contributed by atoms with Gasteiger partial charge in [-0.05, 0) is 23.3 Å². The molecule has 22 heavy (non-hydrogen) atoms. The van der Waals surface area contributed by atoms with E-state index in [0.29, 0.717) is 19.7 Å². The third-order valence-electron chi connectivity index (χ3n) is 4.07. The van der Waals surface area contributed by atoms with Crippen molar-refractivity contribution in [2.45, 2.75) is 12.5 Å². The standard InChI is InChI=1S/C18H19NO3/c20-18(21)17-11-19-10-16(17)14-7-4-8-15(9-14)22-12-13-5-2-1-3-6-13/h1-9,16-17,19H,10-12H2,(H,20,21). The van der Waals surface area contributed by atoms with Crippen molar-refractivity contribution in [1.29, 1.82) is 0 Å².